The molecule has 0 bridgehead atoms. The van der Waals surface area contributed by atoms with Crippen LogP contribution in [-0.4, -0.2) is 38.8 Å². The summed E-state index contributed by atoms with van der Waals surface area (Å²) in [5, 5.41) is 13.6. The largest absolute Gasteiger partial charge is 0.395 e. The molecule has 0 radical (unpaired) electrons. The highest BCUT2D eigenvalue weighted by molar-refractivity contribution is 5.92. The number of carbonyl (C=O) groups is 1. The Morgan fingerprint density at radius 1 is 1.00 bits per heavy atom. The van der Waals surface area contributed by atoms with Gasteiger partial charge in [0.1, 0.15) is 0 Å². The summed E-state index contributed by atoms with van der Waals surface area (Å²) in [6.45, 7) is 0.627. The Hall–Kier alpha value is -2.92. The molecule has 0 saturated heterocycles. The van der Waals surface area contributed by atoms with E-state index in [0.717, 1.165) is 11.3 Å². The van der Waals surface area contributed by atoms with Gasteiger partial charge in [0.05, 0.1) is 12.3 Å². The van der Waals surface area contributed by atoms with Crippen molar-refractivity contribution in [3.05, 3.63) is 84.2 Å². The summed E-state index contributed by atoms with van der Waals surface area (Å²) in [7, 11) is 0. The summed E-state index contributed by atoms with van der Waals surface area (Å²) in [4.78, 5) is 14.3. The summed E-state index contributed by atoms with van der Waals surface area (Å²) in [5.41, 5.74) is 2.28. The van der Waals surface area contributed by atoms with Crippen molar-refractivity contribution in [1.29, 1.82) is 0 Å². The number of aliphatic hydroxyl groups excluding tert-OH is 1. The lowest BCUT2D eigenvalue weighted by Gasteiger charge is -2.20. The quantitative estimate of drug-likeness (QED) is 0.759. The van der Waals surface area contributed by atoms with E-state index >= 15 is 0 Å². The molecule has 1 aromatic heterocycles. The van der Waals surface area contributed by atoms with Crippen molar-refractivity contribution in [1.82, 2.24) is 14.7 Å². The van der Waals surface area contributed by atoms with Gasteiger partial charge in [0.25, 0.3) is 5.91 Å². The maximum atomic E-state index is 12.7. The van der Waals surface area contributed by atoms with Crippen LogP contribution in [0, 0.1) is 0 Å². The number of hydrogen-bond donors (Lipinski definition) is 1. The molecule has 0 fully saturated rings. The van der Waals surface area contributed by atoms with Crippen molar-refractivity contribution in [2.45, 2.75) is 6.54 Å². The van der Waals surface area contributed by atoms with Crippen molar-refractivity contribution in [3.8, 4) is 5.69 Å². The molecule has 24 heavy (non-hydrogen) atoms. The average molecular weight is 321 g/mol. The smallest absolute Gasteiger partial charge is 0.274 e. The second-order valence-corrected chi connectivity index (χ2v) is 5.42. The minimum Gasteiger partial charge on any atom is -0.395 e. The lowest BCUT2D eigenvalue weighted by Crippen LogP contribution is -2.33. The molecule has 1 amide bonds. The van der Waals surface area contributed by atoms with Crippen molar-refractivity contribution >= 4 is 5.91 Å². The second-order valence-electron chi connectivity index (χ2n) is 5.42. The molecule has 1 heterocycles. The zero-order chi connectivity index (χ0) is 16.8. The van der Waals surface area contributed by atoms with Gasteiger partial charge in [0, 0.05) is 19.3 Å². The summed E-state index contributed by atoms with van der Waals surface area (Å²) in [6.07, 6.45) is 1.77. The van der Waals surface area contributed by atoms with E-state index in [0.29, 0.717) is 12.2 Å². The molecule has 5 nitrogen and oxygen atoms in total. The molecule has 0 saturated carbocycles. The minimum absolute atomic E-state index is 0.0853. The summed E-state index contributed by atoms with van der Waals surface area (Å²) < 4.78 is 1.67. The summed E-state index contributed by atoms with van der Waals surface area (Å²) in [5.74, 6) is -0.192. The molecule has 0 aliphatic heterocycles. The number of aromatic nitrogens is 2. The minimum atomic E-state index is -0.192. The third-order valence-corrected chi connectivity index (χ3v) is 3.70. The highest BCUT2D eigenvalue weighted by Gasteiger charge is 2.18. The van der Waals surface area contributed by atoms with E-state index in [1.54, 1.807) is 21.8 Å². The van der Waals surface area contributed by atoms with Gasteiger partial charge in [-0.1, -0.05) is 48.5 Å². The van der Waals surface area contributed by atoms with Crippen LogP contribution in [0.25, 0.3) is 5.69 Å². The molecule has 5 heteroatoms. The van der Waals surface area contributed by atoms with Gasteiger partial charge < -0.3 is 10.0 Å². The zero-order valence-corrected chi connectivity index (χ0v) is 13.2. The number of benzene rings is 2. The van der Waals surface area contributed by atoms with Gasteiger partial charge in [-0.2, -0.15) is 5.10 Å². The van der Waals surface area contributed by atoms with Gasteiger partial charge in [0.2, 0.25) is 0 Å². The first-order chi connectivity index (χ1) is 11.8. The standard InChI is InChI=1S/C19H19N3O2/c23-14-13-21(15-16-7-3-1-4-8-16)19(24)18-11-12-22(20-18)17-9-5-2-6-10-17/h1-12,23H,13-15H2. The molecule has 3 aromatic rings. The van der Waals surface area contributed by atoms with E-state index < -0.39 is 0 Å². The Morgan fingerprint density at radius 3 is 2.33 bits per heavy atom. The van der Waals surface area contributed by atoms with Gasteiger partial charge in [-0.3, -0.25) is 4.79 Å². The number of nitrogens with zero attached hydrogens (tertiary/aromatic N) is 3. The average Bonchev–Trinajstić information content (AvgIpc) is 3.12. The molecule has 0 aliphatic rings. The van der Waals surface area contributed by atoms with Gasteiger partial charge in [-0.25, -0.2) is 4.68 Å². The predicted molar refractivity (Wildman–Crippen MR) is 91.8 cm³/mol. The molecule has 3 rings (SSSR count). The lowest BCUT2D eigenvalue weighted by atomic mass is 10.2. The molecule has 0 spiro atoms. The zero-order valence-electron chi connectivity index (χ0n) is 13.2. The first-order valence-electron chi connectivity index (χ1n) is 7.83. The van der Waals surface area contributed by atoms with Crippen molar-refractivity contribution in [2.24, 2.45) is 0 Å². The summed E-state index contributed by atoms with van der Waals surface area (Å²) in [6, 6.07) is 21.0. The Labute approximate surface area is 140 Å². The van der Waals surface area contributed by atoms with Crippen molar-refractivity contribution in [3.63, 3.8) is 0 Å². The van der Waals surface area contributed by atoms with Crippen LogP contribution >= 0.6 is 0 Å². The first kappa shape index (κ1) is 16.0. The van der Waals surface area contributed by atoms with Crippen molar-refractivity contribution in [2.75, 3.05) is 13.2 Å². The molecular formula is C19H19N3O2. The van der Waals surface area contributed by atoms with Crippen LogP contribution in [0.3, 0.4) is 0 Å². The lowest BCUT2D eigenvalue weighted by molar-refractivity contribution is 0.0701. The fourth-order valence-corrected chi connectivity index (χ4v) is 2.50. The fourth-order valence-electron chi connectivity index (χ4n) is 2.50. The maximum Gasteiger partial charge on any atom is 0.274 e. The van der Waals surface area contributed by atoms with Crippen LogP contribution in [0.1, 0.15) is 16.1 Å². The Balaban J connectivity index is 1.79. The Bertz CT molecular complexity index is 785. The third kappa shape index (κ3) is 3.70. The molecular weight excluding hydrogens is 302 g/mol. The van der Waals surface area contributed by atoms with Crippen molar-refractivity contribution < 1.29 is 9.90 Å². The normalized spacial score (nSPS) is 10.5. The maximum absolute atomic E-state index is 12.7. The number of hydrogen-bond acceptors (Lipinski definition) is 3. The molecule has 1 N–H and O–H groups in total. The van der Waals surface area contributed by atoms with Crippen LogP contribution in [0.2, 0.25) is 0 Å². The van der Waals surface area contributed by atoms with E-state index in [9.17, 15) is 9.90 Å². The molecule has 0 atom stereocenters. The van der Waals surface area contributed by atoms with Gasteiger partial charge in [-0.05, 0) is 23.8 Å². The second kappa shape index (κ2) is 7.57. The van der Waals surface area contributed by atoms with Crippen LogP contribution in [-0.2, 0) is 6.54 Å². The third-order valence-electron chi connectivity index (χ3n) is 3.70. The molecule has 2 aromatic carbocycles. The topological polar surface area (TPSA) is 58.4 Å². The Morgan fingerprint density at radius 2 is 1.67 bits per heavy atom. The summed E-state index contributed by atoms with van der Waals surface area (Å²) >= 11 is 0. The van der Waals surface area contributed by atoms with E-state index in [1.165, 1.54) is 0 Å². The van der Waals surface area contributed by atoms with E-state index in [2.05, 4.69) is 5.10 Å². The molecule has 122 valence electrons. The number of rotatable bonds is 6. The van der Waals surface area contributed by atoms with Gasteiger partial charge >= 0.3 is 0 Å². The fraction of sp³-hybridized carbons (Fsp3) is 0.158. The number of aliphatic hydroxyl groups is 1. The first-order valence-corrected chi connectivity index (χ1v) is 7.83. The van der Waals surface area contributed by atoms with Crippen LogP contribution in [0.4, 0.5) is 0 Å². The van der Waals surface area contributed by atoms with E-state index in [4.69, 9.17) is 0 Å². The number of carbonyl (C=O) groups excluding carboxylic acids is 1. The van der Waals surface area contributed by atoms with Crippen LogP contribution in [0.15, 0.2) is 72.9 Å². The monoisotopic (exact) mass is 321 g/mol. The highest BCUT2D eigenvalue weighted by Crippen LogP contribution is 2.11. The van der Waals surface area contributed by atoms with E-state index in [-0.39, 0.29) is 19.1 Å². The predicted octanol–water partition coefficient (Wildman–Crippen LogP) is 2.51. The van der Waals surface area contributed by atoms with Crippen LogP contribution < -0.4 is 0 Å². The Kier molecular flexibility index (Phi) is 5.03. The van der Waals surface area contributed by atoms with Crippen LogP contribution in [0.5, 0.6) is 0 Å². The number of para-hydroxylation sites is 1. The van der Waals surface area contributed by atoms with Gasteiger partial charge in [0.15, 0.2) is 5.69 Å². The molecule has 0 aliphatic carbocycles. The number of amides is 1. The molecule has 0 unspecified atom stereocenters. The SMILES string of the molecule is O=C(c1ccn(-c2ccccc2)n1)N(CCO)Cc1ccccc1. The van der Waals surface area contributed by atoms with Gasteiger partial charge in [-0.15, -0.1) is 0 Å². The highest BCUT2D eigenvalue weighted by atomic mass is 16.3. The van der Waals surface area contributed by atoms with E-state index in [1.807, 2.05) is 60.7 Å².